The number of anilines is 1. The van der Waals surface area contributed by atoms with E-state index >= 15 is 0 Å². The second kappa shape index (κ2) is 10.6. The number of nitrogens with zero attached hydrogens (tertiary/aromatic N) is 6. The third-order valence-corrected chi connectivity index (χ3v) is 6.25. The van der Waals surface area contributed by atoms with Crippen molar-refractivity contribution in [2.24, 2.45) is 0 Å². The molecule has 0 fully saturated rings. The van der Waals surface area contributed by atoms with Crippen molar-refractivity contribution in [1.29, 1.82) is 0 Å². The predicted octanol–water partition coefficient (Wildman–Crippen LogP) is 5.75. The van der Waals surface area contributed by atoms with Gasteiger partial charge in [0.2, 0.25) is 0 Å². The molecule has 0 radical (unpaired) electrons. The minimum absolute atomic E-state index is 0.243. The Hall–Kier alpha value is -3.51. The molecule has 3 heterocycles. The van der Waals surface area contributed by atoms with Gasteiger partial charge in [0.15, 0.2) is 16.7 Å². The molecule has 8 nitrogen and oxygen atoms in total. The molecule has 0 saturated carbocycles. The smallest absolute Gasteiger partial charge is 0.276 e. The van der Waals surface area contributed by atoms with Crippen molar-refractivity contribution in [1.82, 2.24) is 29.7 Å². The van der Waals surface area contributed by atoms with Gasteiger partial charge in [-0.05, 0) is 26.2 Å². The fourth-order valence-corrected chi connectivity index (χ4v) is 4.13. The molecule has 0 saturated heterocycles. The highest BCUT2D eigenvalue weighted by atomic mass is 35.5. The lowest BCUT2D eigenvalue weighted by atomic mass is 10.0. The van der Waals surface area contributed by atoms with E-state index in [4.69, 9.17) is 11.6 Å². The second-order valence-electron chi connectivity index (χ2n) is 7.62. The number of hydrogen-bond acceptors (Lipinski definition) is 7. The summed E-state index contributed by atoms with van der Waals surface area (Å²) >= 11 is 7.26. The van der Waals surface area contributed by atoms with Gasteiger partial charge in [-0.3, -0.25) is 14.5 Å². The van der Waals surface area contributed by atoms with Crippen molar-refractivity contribution < 1.29 is 18.0 Å². The Morgan fingerprint density at radius 2 is 1.89 bits per heavy atom. The molecule has 1 N–H and O–H groups in total. The molecule has 1 atom stereocenters. The molecular weight excluding hydrogens is 515 g/mol. The van der Waals surface area contributed by atoms with E-state index in [1.165, 1.54) is 30.4 Å². The van der Waals surface area contributed by atoms with Crippen LogP contribution in [0.5, 0.6) is 0 Å². The number of benzene rings is 1. The lowest BCUT2D eigenvalue weighted by Gasteiger charge is -2.14. The summed E-state index contributed by atoms with van der Waals surface area (Å²) in [6, 6.07) is 1.77. The number of aryl methyl sites for hydroxylation is 1. The number of carbonyl (C=O) groups excluding carboxylic acids is 1. The quantitative estimate of drug-likeness (QED) is 0.238. The maximum Gasteiger partial charge on any atom is 0.276 e. The van der Waals surface area contributed by atoms with Crippen molar-refractivity contribution in [2.75, 3.05) is 11.6 Å². The number of amides is 1. The largest absolute Gasteiger partial charge is 0.318 e. The molecule has 13 heteroatoms. The molecule has 0 aliphatic heterocycles. The maximum atomic E-state index is 14.8. The van der Waals surface area contributed by atoms with E-state index in [0.29, 0.717) is 10.8 Å². The average molecular weight is 534 g/mol. The van der Waals surface area contributed by atoms with Crippen LogP contribution >= 0.6 is 23.4 Å². The number of thioether (sulfide) groups is 1. The number of carbonyl (C=O) groups is 1. The van der Waals surface area contributed by atoms with Crippen molar-refractivity contribution in [3.05, 3.63) is 76.5 Å². The summed E-state index contributed by atoms with van der Waals surface area (Å²) in [5, 5.41) is 7.18. The fraction of sp³-hybridized carbons (Fsp3) is 0.217. The summed E-state index contributed by atoms with van der Waals surface area (Å²) in [4.78, 5) is 29.7. The highest BCUT2D eigenvalue weighted by molar-refractivity contribution is 7.98. The Balaban J connectivity index is 1.63. The molecule has 4 rings (SSSR count). The van der Waals surface area contributed by atoms with Crippen LogP contribution in [0.1, 0.15) is 46.7 Å². The van der Waals surface area contributed by atoms with Crippen LogP contribution in [0.15, 0.2) is 48.3 Å². The molecule has 0 aliphatic carbocycles. The van der Waals surface area contributed by atoms with Gasteiger partial charge >= 0.3 is 0 Å². The van der Waals surface area contributed by atoms with Crippen LogP contribution < -0.4 is 5.32 Å². The standard InChI is InChI=1S/C23H19ClF3N7OS/c1-11-15(9-30-23(32-11)36-3)12(2)34-10-13(8-31-34)33-22(35)20-19(28-6-7-29-20)17-14(21(26)27)4-5-16(24)18(17)25/h4-10,12,21H,1-3H3,(H,33,35). The highest BCUT2D eigenvalue weighted by Crippen LogP contribution is 2.36. The van der Waals surface area contributed by atoms with E-state index in [2.05, 4.69) is 30.4 Å². The second-order valence-corrected chi connectivity index (χ2v) is 8.80. The molecule has 0 spiro atoms. The minimum atomic E-state index is -3.03. The van der Waals surface area contributed by atoms with Crippen molar-refractivity contribution in [2.45, 2.75) is 31.5 Å². The fourth-order valence-electron chi connectivity index (χ4n) is 3.59. The zero-order valence-electron chi connectivity index (χ0n) is 19.2. The van der Waals surface area contributed by atoms with Gasteiger partial charge in [-0.15, -0.1) is 0 Å². The number of alkyl halides is 2. The molecule has 0 aliphatic rings. The van der Waals surface area contributed by atoms with E-state index in [-0.39, 0.29) is 22.5 Å². The van der Waals surface area contributed by atoms with E-state index in [1.807, 2.05) is 20.1 Å². The van der Waals surface area contributed by atoms with Crippen LogP contribution in [0.2, 0.25) is 5.02 Å². The van der Waals surface area contributed by atoms with E-state index in [0.717, 1.165) is 23.4 Å². The topological polar surface area (TPSA) is 98.5 Å². The lowest BCUT2D eigenvalue weighted by molar-refractivity contribution is 0.102. The maximum absolute atomic E-state index is 14.8. The lowest BCUT2D eigenvalue weighted by Crippen LogP contribution is -2.16. The monoisotopic (exact) mass is 533 g/mol. The Labute approximate surface area is 213 Å². The Morgan fingerprint density at radius 1 is 1.14 bits per heavy atom. The Morgan fingerprint density at radius 3 is 2.58 bits per heavy atom. The molecule has 1 aromatic carbocycles. The van der Waals surface area contributed by atoms with Gasteiger partial charge in [-0.2, -0.15) is 5.10 Å². The molecule has 186 valence electrons. The predicted molar refractivity (Wildman–Crippen MR) is 130 cm³/mol. The third kappa shape index (κ3) is 5.05. The first-order valence-corrected chi connectivity index (χ1v) is 12.1. The van der Waals surface area contributed by atoms with Gasteiger partial charge in [0.1, 0.15) is 5.69 Å². The highest BCUT2D eigenvalue weighted by Gasteiger charge is 2.26. The molecule has 4 aromatic rings. The number of aromatic nitrogens is 6. The molecule has 36 heavy (non-hydrogen) atoms. The van der Waals surface area contributed by atoms with Gasteiger partial charge in [-0.25, -0.2) is 28.1 Å². The minimum Gasteiger partial charge on any atom is -0.318 e. The first-order chi connectivity index (χ1) is 17.2. The zero-order chi connectivity index (χ0) is 26.0. The molecular formula is C23H19ClF3N7OS. The number of hydrogen-bond donors (Lipinski definition) is 1. The van der Waals surface area contributed by atoms with Crippen molar-refractivity contribution in [3.8, 4) is 11.3 Å². The van der Waals surface area contributed by atoms with Gasteiger partial charge in [0.05, 0.1) is 22.9 Å². The van der Waals surface area contributed by atoms with Crippen molar-refractivity contribution in [3.63, 3.8) is 0 Å². The number of halogens is 4. The SMILES string of the molecule is CSc1ncc(C(C)n2cc(NC(=O)c3nccnc3-c3c(C(F)F)ccc(Cl)c3F)cn2)c(C)n1. The van der Waals surface area contributed by atoms with Crippen LogP contribution in [0.4, 0.5) is 18.9 Å². The summed E-state index contributed by atoms with van der Waals surface area (Å²) in [5.74, 6) is -1.90. The first kappa shape index (κ1) is 25.6. The number of nitrogens with one attached hydrogen (secondary N) is 1. The van der Waals surface area contributed by atoms with Crippen LogP contribution in [0, 0.1) is 12.7 Å². The normalized spacial score (nSPS) is 12.1. The summed E-state index contributed by atoms with van der Waals surface area (Å²) in [6.07, 6.45) is 5.97. The van der Waals surface area contributed by atoms with E-state index in [9.17, 15) is 18.0 Å². The molecule has 1 unspecified atom stereocenters. The molecule has 0 bridgehead atoms. The summed E-state index contributed by atoms with van der Waals surface area (Å²) in [6.45, 7) is 3.77. The van der Waals surface area contributed by atoms with Crippen LogP contribution in [-0.2, 0) is 0 Å². The first-order valence-electron chi connectivity index (χ1n) is 10.5. The Kier molecular flexibility index (Phi) is 7.55. The molecule has 1 amide bonds. The van der Waals surface area contributed by atoms with Gasteiger partial charge in [-0.1, -0.05) is 29.4 Å². The van der Waals surface area contributed by atoms with Crippen LogP contribution in [-0.4, -0.2) is 41.9 Å². The van der Waals surface area contributed by atoms with Crippen molar-refractivity contribution >= 4 is 35.0 Å². The van der Waals surface area contributed by atoms with Gasteiger partial charge in [0, 0.05) is 47.2 Å². The van der Waals surface area contributed by atoms with Gasteiger partial charge < -0.3 is 5.32 Å². The summed E-state index contributed by atoms with van der Waals surface area (Å²) in [5.41, 5.74) is 0.0169. The van der Waals surface area contributed by atoms with E-state index < -0.39 is 29.3 Å². The summed E-state index contributed by atoms with van der Waals surface area (Å²) in [7, 11) is 0. The molecule has 3 aromatic heterocycles. The van der Waals surface area contributed by atoms with E-state index in [1.54, 1.807) is 17.1 Å². The van der Waals surface area contributed by atoms with Crippen LogP contribution in [0.25, 0.3) is 11.3 Å². The number of rotatable bonds is 7. The Bertz CT molecular complexity index is 1430. The van der Waals surface area contributed by atoms with Gasteiger partial charge in [0.25, 0.3) is 12.3 Å². The average Bonchev–Trinajstić information content (AvgIpc) is 3.33. The zero-order valence-corrected chi connectivity index (χ0v) is 20.8. The third-order valence-electron chi connectivity index (χ3n) is 5.40. The van der Waals surface area contributed by atoms with Crippen LogP contribution in [0.3, 0.4) is 0 Å². The summed E-state index contributed by atoms with van der Waals surface area (Å²) < 4.78 is 43.7.